The molecule has 0 radical (unpaired) electrons. The lowest BCUT2D eigenvalue weighted by atomic mass is 10.3. The topological polar surface area (TPSA) is 38.7 Å². The van der Waals surface area contributed by atoms with Crippen LogP contribution in [-0.2, 0) is 9.47 Å². The predicted molar refractivity (Wildman–Crippen MR) is 48.8 cm³/mol. The number of ether oxygens (including phenoxy) is 2. The molecule has 1 atom stereocenters. The first kappa shape index (κ1) is 16.9. The van der Waals surface area contributed by atoms with Gasteiger partial charge in [0.05, 0.1) is 0 Å². The molecular formula is C9H12F6O3. The van der Waals surface area contributed by atoms with E-state index in [4.69, 9.17) is 5.11 Å². The summed E-state index contributed by atoms with van der Waals surface area (Å²) in [5.74, 6) is -1.91. The first-order valence-corrected chi connectivity index (χ1v) is 4.85. The molecule has 0 aromatic carbocycles. The molecule has 0 aliphatic rings. The Hall–Kier alpha value is -1.12. The molecule has 0 saturated carbocycles. The Bertz CT molecular complexity index is 270. The van der Waals surface area contributed by atoms with Gasteiger partial charge >= 0.3 is 12.4 Å². The maximum absolute atomic E-state index is 12.3. The molecule has 1 unspecified atom stereocenters. The fraction of sp³-hybridized carbons (Fsp3) is 0.778. The molecule has 3 nitrogen and oxygen atoms in total. The average molecular weight is 282 g/mol. The quantitative estimate of drug-likeness (QED) is 0.600. The molecule has 0 amide bonds. The van der Waals surface area contributed by atoms with Crippen molar-refractivity contribution < 1.29 is 40.9 Å². The van der Waals surface area contributed by atoms with Crippen LogP contribution in [0.1, 0.15) is 13.3 Å². The second kappa shape index (κ2) is 6.72. The van der Waals surface area contributed by atoms with Crippen LogP contribution in [0.4, 0.5) is 26.3 Å². The van der Waals surface area contributed by atoms with Gasteiger partial charge in [-0.2, -0.15) is 26.3 Å². The number of aliphatic hydroxyl groups excluding tert-OH is 1. The molecule has 1 N–H and O–H groups in total. The zero-order valence-corrected chi connectivity index (χ0v) is 9.31. The van der Waals surface area contributed by atoms with Gasteiger partial charge in [-0.25, -0.2) is 0 Å². The first-order valence-electron chi connectivity index (χ1n) is 4.85. The summed E-state index contributed by atoms with van der Waals surface area (Å²) in [6.45, 7) is -0.101. The van der Waals surface area contributed by atoms with Crippen molar-refractivity contribution in [2.45, 2.75) is 31.8 Å². The van der Waals surface area contributed by atoms with Gasteiger partial charge in [0, 0.05) is 6.61 Å². The first-order chi connectivity index (χ1) is 8.12. The molecule has 0 aromatic heterocycles. The molecular weight excluding hydrogens is 270 g/mol. The Balaban J connectivity index is 4.52. The Labute approximate surface area is 99.0 Å². The zero-order valence-electron chi connectivity index (χ0n) is 9.31. The van der Waals surface area contributed by atoms with Crippen LogP contribution in [0, 0.1) is 0 Å². The fourth-order valence-corrected chi connectivity index (χ4v) is 0.855. The van der Waals surface area contributed by atoms with E-state index < -0.39 is 37.1 Å². The van der Waals surface area contributed by atoms with Gasteiger partial charge in [0.2, 0.25) is 5.76 Å². The minimum absolute atomic E-state index is 0.266. The highest BCUT2D eigenvalue weighted by Gasteiger charge is 2.43. The van der Waals surface area contributed by atoms with E-state index in [9.17, 15) is 26.3 Å². The Morgan fingerprint density at radius 3 is 2.11 bits per heavy atom. The zero-order chi connectivity index (χ0) is 14.4. The maximum Gasteiger partial charge on any atom is 0.452 e. The van der Waals surface area contributed by atoms with E-state index in [1.165, 1.54) is 0 Å². The van der Waals surface area contributed by atoms with Crippen molar-refractivity contribution in [3.8, 4) is 0 Å². The van der Waals surface area contributed by atoms with Gasteiger partial charge in [0.25, 0.3) is 0 Å². The molecule has 0 spiro atoms. The second-order valence-electron chi connectivity index (χ2n) is 3.20. The van der Waals surface area contributed by atoms with Crippen molar-refractivity contribution in [1.29, 1.82) is 0 Å². The number of alkyl halides is 6. The van der Waals surface area contributed by atoms with Crippen LogP contribution in [0.2, 0.25) is 0 Å². The number of halogens is 6. The van der Waals surface area contributed by atoms with E-state index in [0.29, 0.717) is 0 Å². The number of allylic oxidation sites excluding steroid dienone is 1. The van der Waals surface area contributed by atoms with Gasteiger partial charge in [-0.1, -0.05) is 6.92 Å². The molecule has 0 heterocycles. The summed E-state index contributed by atoms with van der Waals surface area (Å²) in [6.07, 6.45) is -12.5. The summed E-state index contributed by atoms with van der Waals surface area (Å²) in [5, 5.41) is 8.22. The average Bonchev–Trinajstić information content (AvgIpc) is 2.19. The van der Waals surface area contributed by atoms with E-state index in [2.05, 4.69) is 9.47 Å². The van der Waals surface area contributed by atoms with Crippen LogP contribution < -0.4 is 0 Å². The van der Waals surface area contributed by atoms with Crippen LogP contribution in [0.25, 0.3) is 0 Å². The number of hydrogen-bond acceptors (Lipinski definition) is 3. The highest BCUT2D eigenvalue weighted by atomic mass is 19.4. The van der Waals surface area contributed by atoms with Gasteiger partial charge < -0.3 is 14.6 Å². The molecule has 0 bridgehead atoms. The summed E-state index contributed by atoms with van der Waals surface area (Å²) in [4.78, 5) is 0. The Morgan fingerprint density at radius 1 is 1.22 bits per heavy atom. The highest BCUT2D eigenvalue weighted by molar-refractivity contribution is 4.95. The number of rotatable bonds is 6. The third-order valence-corrected chi connectivity index (χ3v) is 1.68. The standard InChI is InChI=1S/C9H12F6O3/c1-2-3-17-7(9(13,14)15)5-18-6(4-16)8(10,11)12/h4,7,16H,2-3,5H2,1H3. The van der Waals surface area contributed by atoms with Gasteiger partial charge in [-0.15, -0.1) is 0 Å². The van der Waals surface area contributed by atoms with Gasteiger partial charge in [0.1, 0.15) is 12.9 Å². The van der Waals surface area contributed by atoms with E-state index in [0.717, 1.165) is 0 Å². The largest absolute Gasteiger partial charge is 0.512 e. The van der Waals surface area contributed by atoms with Crippen molar-refractivity contribution in [3.63, 3.8) is 0 Å². The third-order valence-electron chi connectivity index (χ3n) is 1.68. The Kier molecular flexibility index (Phi) is 6.30. The highest BCUT2D eigenvalue weighted by Crippen LogP contribution is 2.29. The molecule has 0 aliphatic carbocycles. The molecule has 108 valence electrons. The molecule has 18 heavy (non-hydrogen) atoms. The SMILES string of the molecule is CCCOC(COC(=CO)C(F)(F)F)C(F)(F)F. The van der Waals surface area contributed by atoms with E-state index >= 15 is 0 Å². The van der Waals surface area contributed by atoms with Crippen LogP contribution in [0.15, 0.2) is 12.0 Å². The molecule has 9 heteroatoms. The summed E-state index contributed by atoms with van der Waals surface area (Å²) >= 11 is 0. The molecule has 0 saturated heterocycles. The van der Waals surface area contributed by atoms with Crippen molar-refractivity contribution in [3.05, 3.63) is 12.0 Å². The van der Waals surface area contributed by atoms with Gasteiger partial charge in [0.15, 0.2) is 6.10 Å². The predicted octanol–water partition coefficient (Wildman–Crippen LogP) is 3.32. The second-order valence-corrected chi connectivity index (χ2v) is 3.20. The van der Waals surface area contributed by atoms with E-state index in [1.807, 2.05) is 0 Å². The molecule has 0 aliphatic heterocycles. The molecule has 0 aromatic rings. The molecule has 0 fully saturated rings. The summed E-state index contributed by atoms with van der Waals surface area (Å²) < 4.78 is 81.3. The van der Waals surface area contributed by atoms with E-state index in [-0.39, 0.29) is 13.0 Å². The lowest BCUT2D eigenvalue weighted by molar-refractivity contribution is -0.236. The minimum Gasteiger partial charge on any atom is -0.512 e. The summed E-state index contributed by atoms with van der Waals surface area (Å²) in [7, 11) is 0. The van der Waals surface area contributed by atoms with E-state index in [1.54, 1.807) is 6.92 Å². The van der Waals surface area contributed by atoms with Crippen molar-refractivity contribution in [1.82, 2.24) is 0 Å². The lowest BCUT2D eigenvalue weighted by Crippen LogP contribution is -2.37. The normalized spacial score (nSPS) is 15.6. The lowest BCUT2D eigenvalue weighted by Gasteiger charge is -2.22. The summed E-state index contributed by atoms with van der Waals surface area (Å²) in [6, 6.07) is 0. The Morgan fingerprint density at radius 2 is 1.78 bits per heavy atom. The van der Waals surface area contributed by atoms with Crippen LogP contribution >= 0.6 is 0 Å². The van der Waals surface area contributed by atoms with Crippen molar-refractivity contribution in [2.24, 2.45) is 0 Å². The third kappa shape index (κ3) is 5.99. The maximum atomic E-state index is 12.3. The van der Waals surface area contributed by atoms with Gasteiger partial charge in [-0.05, 0) is 6.42 Å². The smallest absolute Gasteiger partial charge is 0.452 e. The number of hydrogen-bond donors (Lipinski definition) is 1. The van der Waals surface area contributed by atoms with Gasteiger partial charge in [-0.3, -0.25) is 0 Å². The van der Waals surface area contributed by atoms with Crippen molar-refractivity contribution in [2.75, 3.05) is 13.2 Å². The monoisotopic (exact) mass is 282 g/mol. The minimum atomic E-state index is -5.06. The number of aliphatic hydroxyl groups is 1. The van der Waals surface area contributed by atoms with Crippen molar-refractivity contribution >= 4 is 0 Å². The van der Waals surface area contributed by atoms with Crippen LogP contribution in [0.5, 0.6) is 0 Å². The fourth-order valence-electron chi connectivity index (χ4n) is 0.855. The summed E-state index contributed by atoms with van der Waals surface area (Å²) in [5.41, 5.74) is 0. The van der Waals surface area contributed by atoms with Crippen LogP contribution in [0.3, 0.4) is 0 Å². The molecule has 0 rings (SSSR count). The van der Waals surface area contributed by atoms with Crippen LogP contribution in [-0.4, -0.2) is 36.8 Å².